The van der Waals surface area contributed by atoms with Gasteiger partial charge in [0.25, 0.3) is 0 Å². The van der Waals surface area contributed by atoms with Crippen LogP contribution in [0, 0.1) is 0 Å². The van der Waals surface area contributed by atoms with Gasteiger partial charge in [0.05, 0.1) is 25.4 Å². The molecule has 6 nitrogen and oxygen atoms in total. The Kier molecular flexibility index (Phi) is 59.9. The highest BCUT2D eigenvalue weighted by molar-refractivity contribution is 5.76. The second kappa shape index (κ2) is 61.1. The second-order valence-corrected chi connectivity index (χ2v) is 22.5. The van der Waals surface area contributed by atoms with Crippen molar-refractivity contribution in [1.82, 2.24) is 5.32 Å². The van der Waals surface area contributed by atoms with E-state index in [0.717, 1.165) is 44.9 Å². The minimum atomic E-state index is -0.660. The van der Waals surface area contributed by atoms with Gasteiger partial charge in [-0.1, -0.05) is 315 Å². The van der Waals surface area contributed by atoms with Crippen LogP contribution in [0.4, 0.5) is 0 Å². The normalized spacial score (nSPS) is 12.6. The molecule has 0 fully saturated rings. The number of hydrogen-bond donors (Lipinski definition) is 3. The van der Waals surface area contributed by atoms with Crippen molar-refractivity contribution in [1.29, 1.82) is 0 Å². The molecular weight excluding hydrogens is 875 g/mol. The number of unbranched alkanes of at least 4 members (excludes halogenated alkanes) is 48. The fourth-order valence-corrected chi connectivity index (χ4v) is 10.3. The lowest BCUT2D eigenvalue weighted by atomic mass is 10.0. The van der Waals surface area contributed by atoms with E-state index < -0.39 is 12.1 Å². The molecule has 0 saturated carbocycles. The van der Waals surface area contributed by atoms with E-state index in [1.807, 2.05) is 0 Å². The minimum absolute atomic E-state index is 0.0113. The lowest BCUT2D eigenvalue weighted by molar-refractivity contribution is -0.143. The molecule has 2 unspecified atom stereocenters. The highest BCUT2D eigenvalue weighted by Gasteiger charge is 2.20. The number of esters is 1. The van der Waals surface area contributed by atoms with Crippen LogP contribution in [-0.4, -0.2) is 47.4 Å². The van der Waals surface area contributed by atoms with Gasteiger partial charge >= 0.3 is 5.97 Å². The molecule has 2 atom stereocenters. The van der Waals surface area contributed by atoms with Crippen molar-refractivity contribution in [3.63, 3.8) is 0 Å². The number of rotatable bonds is 61. The summed E-state index contributed by atoms with van der Waals surface area (Å²) in [5, 5.41) is 23.2. The van der Waals surface area contributed by atoms with Crippen LogP contribution >= 0.6 is 0 Å². The molecule has 0 aliphatic carbocycles. The first-order chi connectivity index (χ1) is 35.0. The fourth-order valence-electron chi connectivity index (χ4n) is 10.3. The summed E-state index contributed by atoms with van der Waals surface area (Å²) in [6.07, 6.45) is 73.9. The van der Waals surface area contributed by atoms with Gasteiger partial charge in [-0.25, -0.2) is 0 Å². The van der Waals surface area contributed by atoms with Crippen LogP contribution in [-0.2, 0) is 14.3 Å². The van der Waals surface area contributed by atoms with Crippen molar-refractivity contribution >= 4 is 11.9 Å². The van der Waals surface area contributed by atoms with Crippen molar-refractivity contribution < 1.29 is 24.5 Å². The Labute approximate surface area is 444 Å². The van der Waals surface area contributed by atoms with Crippen LogP contribution < -0.4 is 5.32 Å². The summed E-state index contributed by atoms with van der Waals surface area (Å²) >= 11 is 0. The zero-order chi connectivity index (χ0) is 51.4. The summed E-state index contributed by atoms with van der Waals surface area (Å²) in [6.45, 7) is 4.96. The Hall–Kier alpha value is -1.40. The maximum absolute atomic E-state index is 12.5. The van der Waals surface area contributed by atoms with Crippen LogP contribution in [0.1, 0.15) is 367 Å². The number of allylic oxidation sites excluding steroid dienone is 2. The predicted molar refractivity (Wildman–Crippen MR) is 310 cm³/mol. The molecule has 0 heterocycles. The minimum Gasteiger partial charge on any atom is -0.466 e. The number of carbonyl (C=O) groups excluding carboxylic acids is 2. The molecule has 0 aromatic rings. The van der Waals surface area contributed by atoms with E-state index in [4.69, 9.17) is 4.74 Å². The molecule has 0 aliphatic rings. The molecule has 422 valence electrons. The molecule has 3 N–H and O–H groups in total. The lowest BCUT2D eigenvalue weighted by Crippen LogP contribution is -2.45. The third-order valence-electron chi connectivity index (χ3n) is 15.3. The third kappa shape index (κ3) is 57.7. The van der Waals surface area contributed by atoms with E-state index in [1.165, 1.54) is 289 Å². The number of ether oxygens (including phenoxy) is 1. The van der Waals surface area contributed by atoms with E-state index in [0.29, 0.717) is 25.9 Å². The van der Waals surface area contributed by atoms with Crippen LogP contribution in [0.3, 0.4) is 0 Å². The number of nitrogens with one attached hydrogen (secondary N) is 1. The summed E-state index contributed by atoms with van der Waals surface area (Å²) in [7, 11) is 0. The first-order valence-corrected chi connectivity index (χ1v) is 32.4. The van der Waals surface area contributed by atoms with Crippen LogP contribution in [0.15, 0.2) is 12.2 Å². The van der Waals surface area contributed by atoms with Crippen LogP contribution in [0.2, 0.25) is 0 Å². The van der Waals surface area contributed by atoms with Crippen molar-refractivity contribution in [2.45, 2.75) is 379 Å². The zero-order valence-electron chi connectivity index (χ0n) is 48.2. The number of amides is 1. The largest absolute Gasteiger partial charge is 0.466 e. The van der Waals surface area contributed by atoms with Gasteiger partial charge in [-0.15, -0.1) is 0 Å². The Balaban J connectivity index is 3.32. The predicted octanol–water partition coefficient (Wildman–Crippen LogP) is 20.4. The molecule has 6 heteroatoms. The average molecular weight is 1000 g/mol. The van der Waals surface area contributed by atoms with E-state index in [9.17, 15) is 19.8 Å². The molecule has 0 rings (SSSR count). The smallest absolute Gasteiger partial charge is 0.305 e. The van der Waals surface area contributed by atoms with Gasteiger partial charge in [0, 0.05) is 12.8 Å². The first kappa shape index (κ1) is 69.6. The van der Waals surface area contributed by atoms with Crippen molar-refractivity contribution in [3.8, 4) is 0 Å². The molecule has 0 aromatic heterocycles. The molecule has 0 bridgehead atoms. The number of carbonyl (C=O) groups is 2. The first-order valence-electron chi connectivity index (χ1n) is 32.4. The Morgan fingerprint density at radius 2 is 0.662 bits per heavy atom. The third-order valence-corrected chi connectivity index (χ3v) is 15.3. The highest BCUT2D eigenvalue weighted by atomic mass is 16.5. The zero-order valence-corrected chi connectivity index (χ0v) is 48.2. The summed E-state index contributed by atoms with van der Waals surface area (Å²) in [5.74, 6) is -0.0202. The second-order valence-electron chi connectivity index (χ2n) is 22.5. The molecule has 0 aromatic carbocycles. The fraction of sp³-hybridized carbons (Fsp3) is 0.938. The molecule has 0 radical (unpaired) electrons. The number of hydrogen-bond acceptors (Lipinski definition) is 5. The standard InChI is InChI=1S/C65H127NO5/c1-3-5-7-9-11-13-15-16-17-32-35-39-43-47-51-55-59-65(70)71-60-56-52-48-44-40-36-33-30-28-26-24-22-20-18-19-21-23-25-27-29-31-34-38-42-46-50-54-58-64(69)66-62(61-67)63(68)57-53-49-45-41-37-14-12-10-8-6-4-2/h17,32,62-63,67-68H,3-16,18-31,33-61H2,1-2H3,(H,66,69)/b32-17-. The maximum Gasteiger partial charge on any atom is 0.305 e. The van der Waals surface area contributed by atoms with Gasteiger partial charge in [0.15, 0.2) is 0 Å². The Bertz CT molecular complexity index is 1060. The van der Waals surface area contributed by atoms with Crippen molar-refractivity contribution in [2.24, 2.45) is 0 Å². The summed E-state index contributed by atoms with van der Waals surface area (Å²) in [4.78, 5) is 24.5. The highest BCUT2D eigenvalue weighted by Crippen LogP contribution is 2.18. The molecule has 0 saturated heterocycles. The van der Waals surface area contributed by atoms with E-state index >= 15 is 0 Å². The van der Waals surface area contributed by atoms with E-state index in [1.54, 1.807) is 0 Å². The Morgan fingerprint density at radius 1 is 0.380 bits per heavy atom. The van der Waals surface area contributed by atoms with E-state index in [2.05, 4.69) is 31.3 Å². The lowest BCUT2D eigenvalue weighted by Gasteiger charge is -2.22. The molecular formula is C65H127NO5. The van der Waals surface area contributed by atoms with Gasteiger partial charge in [-0.2, -0.15) is 0 Å². The van der Waals surface area contributed by atoms with Gasteiger partial charge in [0.2, 0.25) is 5.91 Å². The van der Waals surface area contributed by atoms with Gasteiger partial charge in [-0.05, 0) is 51.4 Å². The summed E-state index contributed by atoms with van der Waals surface area (Å²) in [6, 6.07) is -0.537. The van der Waals surface area contributed by atoms with Crippen LogP contribution in [0.5, 0.6) is 0 Å². The molecule has 1 amide bonds. The SMILES string of the molecule is CCCCCCCCC/C=C\CCCCCCCC(=O)OCCCCCCCCCCCCCCCCCCCCCCCCCCCCCC(=O)NC(CO)C(O)CCCCCCCCCCCCC. The van der Waals surface area contributed by atoms with Gasteiger partial charge in [-0.3, -0.25) is 9.59 Å². The molecule has 0 aliphatic heterocycles. The number of aliphatic hydroxyl groups is 2. The number of aliphatic hydroxyl groups excluding tert-OH is 2. The monoisotopic (exact) mass is 1000 g/mol. The maximum atomic E-state index is 12.5. The Morgan fingerprint density at radius 3 is 1.00 bits per heavy atom. The topological polar surface area (TPSA) is 95.9 Å². The summed E-state index contributed by atoms with van der Waals surface area (Å²) < 4.78 is 5.49. The van der Waals surface area contributed by atoms with Gasteiger partial charge in [0.1, 0.15) is 0 Å². The van der Waals surface area contributed by atoms with Gasteiger partial charge < -0.3 is 20.3 Å². The molecule has 0 spiro atoms. The molecule has 71 heavy (non-hydrogen) atoms. The van der Waals surface area contributed by atoms with Crippen molar-refractivity contribution in [3.05, 3.63) is 12.2 Å². The quantitative estimate of drug-likeness (QED) is 0.0320. The van der Waals surface area contributed by atoms with E-state index in [-0.39, 0.29) is 18.5 Å². The average Bonchev–Trinajstić information content (AvgIpc) is 3.37. The van der Waals surface area contributed by atoms with Crippen LogP contribution in [0.25, 0.3) is 0 Å². The van der Waals surface area contributed by atoms with Crippen molar-refractivity contribution in [2.75, 3.05) is 13.2 Å². The summed E-state index contributed by atoms with van der Waals surface area (Å²) in [5.41, 5.74) is 0.